The third kappa shape index (κ3) is 5.11. The molecule has 13 heteroatoms. The molecule has 0 aromatic rings. The minimum absolute atomic E-state index is 0. The number of ether oxygens (including phenoxy) is 3. The van der Waals surface area contributed by atoms with Gasteiger partial charge in [-0.3, -0.25) is 0 Å². The minimum Gasteiger partial charge on any atom is -0.388 e. The normalized spacial score (nSPS) is 47.5. The number of nitrogens with two attached hydrogens (primary N) is 2. The Bertz CT molecular complexity index is 362. The van der Waals surface area contributed by atoms with Gasteiger partial charge in [0.1, 0.15) is 48.8 Å². The summed E-state index contributed by atoms with van der Waals surface area (Å²) >= 11 is 0. The standard InChI is InChI=1S/C12H24N2O9.2ClH/c13-1-3-5(15)7(17)9(19)11(21-3)23-12-10(20)8(18)6(16)4(2-14)22-12;;/h3-12,15-20H,1-2,13-14H2;2*1H/t3-,4-,5-,6-,7+,8+,9-,10-,11-,12-;;/m1../s1. The van der Waals surface area contributed by atoms with Crippen LogP contribution in [0.1, 0.15) is 0 Å². The van der Waals surface area contributed by atoms with E-state index in [4.69, 9.17) is 25.7 Å². The fraction of sp³-hybridized carbons (Fsp3) is 1.00. The van der Waals surface area contributed by atoms with Gasteiger partial charge in [0.2, 0.25) is 0 Å². The molecule has 2 heterocycles. The molecule has 11 nitrogen and oxygen atoms in total. The van der Waals surface area contributed by atoms with E-state index in [2.05, 4.69) is 0 Å². The molecule has 2 rings (SSSR count). The highest BCUT2D eigenvalue weighted by Gasteiger charge is 2.49. The molecule has 25 heavy (non-hydrogen) atoms. The van der Waals surface area contributed by atoms with Crippen molar-refractivity contribution in [2.24, 2.45) is 11.5 Å². The molecule has 2 aliphatic rings. The summed E-state index contributed by atoms with van der Waals surface area (Å²) in [6.07, 6.45) is -14.2. The quantitative estimate of drug-likeness (QED) is 0.220. The van der Waals surface area contributed by atoms with Crippen LogP contribution in [0, 0.1) is 0 Å². The first-order valence-electron chi connectivity index (χ1n) is 7.26. The van der Waals surface area contributed by atoms with Crippen molar-refractivity contribution in [1.29, 1.82) is 0 Å². The van der Waals surface area contributed by atoms with Gasteiger partial charge < -0.3 is 56.3 Å². The smallest absolute Gasteiger partial charge is 0.189 e. The van der Waals surface area contributed by atoms with E-state index in [9.17, 15) is 30.6 Å². The molecule has 10 N–H and O–H groups in total. The summed E-state index contributed by atoms with van der Waals surface area (Å²) in [5.74, 6) is 0. The van der Waals surface area contributed by atoms with Gasteiger partial charge in [0.05, 0.1) is 0 Å². The Morgan fingerprint density at radius 3 is 1.20 bits per heavy atom. The molecule has 152 valence electrons. The van der Waals surface area contributed by atoms with Crippen LogP contribution in [-0.4, -0.2) is 105 Å². The van der Waals surface area contributed by atoms with Gasteiger partial charge in [-0.25, -0.2) is 0 Å². The van der Waals surface area contributed by atoms with Crippen molar-refractivity contribution in [3.05, 3.63) is 0 Å². The number of aliphatic hydroxyl groups excluding tert-OH is 6. The van der Waals surface area contributed by atoms with Gasteiger partial charge in [0, 0.05) is 13.1 Å². The van der Waals surface area contributed by atoms with Crippen LogP contribution in [0.2, 0.25) is 0 Å². The lowest BCUT2D eigenvalue weighted by atomic mass is 9.98. The van der Waals surface area contributed by atoms with E-state index >= 15 is 0 Å². The SMILES string of the molecule is Cl.Cl.NC[C@H]1O[C@H](O[C@H]2O[C@H](CN)[C@@H](O)[C@H](O)[C@H]2O)[C@H](O)[C@@H](O)[C@@H]1O. The second-order valence-electron chi connectivity index (χ2n) is 5.64. The Morgan fingerprint density at radius 1 is 0.600 bits per heavy atom. The molecule has 0 bridgehead atoms. The second-order valence-corrected chi connectivity index (χ2v) is 5.64. The molecule has 0 aromatic carbocycles. The van der Waals surface area contributed by atoms with Crippen molar-refractivity contribution < 1.29 is 44.8 Å². The third-order valence-electron chi connectivity index (χ3n) is 4.07. The Hall–Kier alpha value is 0.140. The van der Waals surface area contributed by atoms with E-state index in [1.165, 1.54) is 0 Å². The van der Waals surface area contributed by atoms with Gasteiger partial charge in [0.15, 0.2) is 12.6 Å². The van der Waals surface area contributed by atoms with E-state index in [-0.39, 0.29) is 37.9 Å². The molecule has 0 aromatic heterocycles. The van der Waals surface area contributed by atoms with Gasteiger partial charge in [-0.05, 0) is 0 Å². The zero-order chi connectivity index (χ0) is 17.3. The molecular formula is C12H26Cl2N2O9. The maximum Gasteiger partial charge on any atom is 0.189 e. The minimum atomic E-state index is -1.64. The van der Waals surface area contributed by atoms with E-state index in [0.717, 1.165) is 0 Å². The van der Waals surface area contributed by atoms with Crippen LogP contribution < -0.4 is 11.5 Å². The molecule has 0 amide bonds. The molecule has 2 saturated heterocycles. The largest absolute Gasteiger partial charge is 0.388 e. The first-order valence-corrected chi connectivity index (χ1v) is 7.26. The van der Waals surface area contributed by atoms with Crippen LogP contribution in [0.3, 0.4) is 0 Å². The lowest BCUT2D eigenvalue weighted by molar-refractivity contribution is -0.371. The second kappa shape index (κ2) is 10.5. The van der Waals surface area contributed by atoms with Crippen molar-refractivity contribution in [2.75, 3.05) is 13.1 Å². The zero-order valence-corrected chi connectivity index (χ0v) is 14.7. The van der Waals surface area contributed by atoms with Crippen molar-refractivity contribution in [3.8, 4) is 0 Å². The highest BCUT2D eigenvalue weighted by Crippen LogP contribution is 2.27. The van der Waals surface area contributed by atoms with Gasteiger partial charge >= 0.3 is 0 Å². The van der Waals surface area contributed by atoms with Crippen molar-refractivity contribution >= 4 is 24.8 Å². The highest BCUT2D eigenvalue weighted by atomic mass is 35.5. The fourth-order valence-corrected chi connectivity index (χ4v) is 2.58. The van der Waals surface area contributed by atoms with E-state index in [0.29, 0.717) is 0 Å². The van der Waals surface area contributed by atoms with Crippen molar-refractivity contribution in [3.63, 3.8) is 0 Å². The van der Waals surface area contributed by atoms with Gasteiger partial charge in [-0.15, -0.1) is 24.8 Å². The Morgan fingerprint density at radius 2 is 0.920 bits per heavy atom. The molecule has 2 aliphatic heterocycles. The summed E-state index contributed by atoms with van der Waals surface area (Å²) in [5.41, 5.74) is 10.8. The van der Waals surface area contributed by atoms with Crippen LogP contribution in [0.15, 0.2) is 0 Å². The summed E-state index contributed by atoms with van der Waals surface area (Å²) in [5, 5.41) is 58.8. The van der Waals surface area contributed by atoms with E-state index in [1.807, 2.05) is 0 Å². The van der Waals surface area contributed by atoms with Crippen LogP contribution in [-0.2, 0) is 14.2 Å². The Labute approximate surface area is 156 Å². The van der Waals surface area contributed by atoms with Crippen LogP contribution in [0.5, 0.6) is 0 Å². The average molecular weight is 413 g/mol. The number of hydrogen-bond donors (Lipinski definition) is 8. The molecule has 0 radical (unpaired) electrons. The summed E-state index contributed by atoms with van der Waals surface area (Å²) in [7, 11) is 0. The Balaban J connectivity index is 0.00000288. The number of hydrogen-bond acceptors (Lipinski definition) is 11. The topological polar surface area (TPSA) is 201 Å². The van der Waals surface area contributed by atoms with E-state index in [1.54, 1.807) is 0 Å². The molecule has 0 aliphatic carbocycles. The molecule has 0 spiro atoms. The van der Waals surface area contributed by atoms with Gasteiger partial charge in [0.25, 0.3) is 0 Å². The molecule has 10 atom stereocenters. The summed E-state index contributed by atoms with van der Waals surface area (Å²) in [6.45, 7) is -0.294. The summed E-state index contributed by atoms with van der Waals surface area (Å²) < 4.78 is 15.7. The fourth-order valence-electron chi connectivity index (χ4n) is 2.58. The maximum absolute atomic E-state index is 9.90. The predicted molar refractivity (Wildman–Crippen MR) is 87.1 cm³/mol. The molecule has 0 saturated carbocycles. The maximum atomic E-state index is 9.90. The Kier molecular flexibility index (Phi) is 10.5. The predicted octanol–water partition coefficient (Wildman–Crippen LogP) is -4.62. The molecule has 2 fully saturated rings. The molecular weight excluding hydrogens is 387 g/mol. The highest BCUT2D eigenvalue weighted by molar-refractivity contribution is 5.85. The third-order valence-corrected chi connectivity index (χ3v) is 4.07. The van der Waals surface area contributed by atoms with Gasteiger partial charge in [-0.1, -0.05) is 0 Å². The van der Waals surface area contributed by atoms with Crippen LogP contribution in [0.4, 0.5) is 0 Å². The van der Waals surface area contributed by atoms with Crippen LogP contribution in [0.25, 0.3) is 0 Å². The van der Waals surface area contributed by atoms with Gasteiger partial charge in [-0.2, -0.15) is 0 Å². The first kappa shape index (κ1) is 25.1. The monoisotopic (exact) mass is 412 g/mol. The van der Waals surface area contributed by atoms with Crippen LogP contribution >= 0.6 is 24.8 Å². The number of rotatable bonds is 4. The number of halogens is 2. The summed E-state index contributed by atoms with van der Waals surface area (Å²) in [4.78, 5) is 0. The lowest BCUT2D eigenvalue weighted by Crippen LogP contribution is -2.64. The van der Waals surface area contributed by atoms with Crippen molar-refractivity contribution in [2.45, 2.75) is 61.4 Å². The average Bonchev–Trinajstić information content (AvgIpc) is 2.55. The zero-order valence-electron chi connectivity index (χ0n) is 13.1. The lowest BCUT2D eigenvalue weighted by Gasteiger charge is -2.44. The number of aliphatic hydroxyl groups is 6. The first-order chi connectivity index (χ1) is 10.8. The van der Waals surface area contributed by atoms with Crippen molar-refractivity contribution in [1.82, 2.24) is 0 Å². The van der Waals surface area contributed by atoms with E-state index < -0.39 is 61.4 Å². The molecule has 0 unspecified atom stereocenters. The summed E-state index contributed by atoms with van der Waals surface area (Å²) in [6, 6.07) is 0.